The molecule has 0 N–H and O–H groups in total. The van der Waals surface area contributed by atoms with Gasteiger partial charge in [0.1, 0.15) is 12.1 Å². The Morgan fingerprint density at radius 2 is 1.84 bits per heavy atom. The SMILES string of the molecule is CCOC(=O)CN(C(=O)OC(C)(C)C)C1CC(C)C1. The van der Waals surface area contributed by atoms with Crippen LogP contribution in [0, 0.1) is 5.92 Å². The molecule has 110 valence electrons. The molecule has 0 aromatic heterocycles. The maximum atomic E-state index is 12.1. The summed E-state index contributed by atoms with van der Waals surface area (Å²) in [5.74, 6) is 0.213. The highest BCUT2D eigenvalue weighted by Gasteiger charge is 2.37. The van der Waals surface area contributed by atoms with E-state index in [-0.39, 0.29) is 18.6 Å². The van der Waals surface area contributed by atoms with Crippen molar-refractivity contribution in [3.63, 3.8) is 0 Å². The highest BCUT2D eigenvalue weighted by molar-refractivity contribution is 5.78. The summed E-state index contributed by atoms with van der Waals surface area (Å²) in [5, 5.41) is 0. The Kier molecular flexibility index (Phi) is 5.20. The number of carbonyl (C=O) groups excluding carboxylic acids is 2. The van der Waals surface area contributed by atoms with E-state index in [2.05, 4.69) is 6.92 Å². The van der Waals surface area contributed by atoms with Crippen LogP contribution in [-0.2, 0) is 14.3 Å². The summed E-state index contributed by atoms with van der Waals surface area (Å²) in [6.45, 7) is 9.63. The van der Waals surface area contributed by atoms with E-state index in [4.69, 9.17) is 9.47 Å². The molecule has 0 radical (unpaired) electrons. The Morgan fingerprint density at radius 3 is 2.26 bits per heavy atom. The van der Waals surface area contributed by atoms with Gasteiger partial charge in [-0.1, -0.05) is 6.92 Å². The molecule has 5 nitrogen and oxygen atoms in total. The zero-order chi connectivity index (χ0) is 14.6. The topological polar surface area (TPSA) is 55.8 Å². The molecule has 0 aliphatic heterocycles. The standard InChI is InChI=1S/C14H25NO4/c1-6-18-12(16)9-15(11-7-10(2)8-11)13(17)19-14(3,4)5/h10-11H,6-9H2,1-5H3. The highest BCUT2D eigenvalue weighted by Crippen LogP contribution is 2.32. The second-order valence-corrected chi connectivity index (χ2v) is 6.14. The smallest absolute Gasteiger partial charge is 0.411 e. The number of nitrogens with zero attached hydrogens (tertiary/aromatic N) is 1. The van der Waals surface area contributed by atoms with Crippen LogP contribution < -0.4 is 0 Å². The van der Waals surface area contributed by atoms with Crippen LogP contribution in [-0.4, -0.2) is 41.8 Å². The summed E-state index contributed by atoms with van der Waals surface area (Å²) >= 11 is 0. The zero-order valence-corrected chi connectivity index (χ0v) is 12.6. The van der Waals surface area contributed by atoms with Crippen LogP contribution in [0.4, 0.5) is 4.79 Å². The molecule has 0 aromatic carbocycles. The van der Waals surface area contributed by atoms with Crippen molar-refractivity contribution < 1.29 is 19.1 Å². The Bertz CT molecular complexity index is 329. The molecular weight excluding hydrogens is 246 g/mol. The predicted octanol–water partition coefficient (Wildman–Crippen LogP) is 2.59. The van der Waals surface area contributed by atoms with E-state index in [0.717, 1.165) is 12.8 Å². The zero-order valence-electron chi connectivity index (χ0n) is 12.6. The summed E-state index contributed by atoms with van der Waals surface area (Å²) in [7, 11) is 0. The molecule has 1 amide bonds. The molecular formula is C14H25NO4. The minimum Gasteiger partial charge on any atom is -0.465 e. The summed E-state index contributed by atoms with van der Waals surface area (Å²) in [6.07, 6.45) is 1.40. The molecule has 1 fully saturated rings. The Labute approximate surface area is 115 Å². The van der Waals surface area contributed by atoms with Crippen LogP contribution in [0.2, 0.25) is 0 Å². The molecule has 0 heterocycles. The number of esters is 1. The maximum absolute atomic E-state index is 12.1. The van der Waals surface area contributed by atoms with Gasteiger partial charge in [0.25, 0.3) is 0 Å². The van der Waals surface area contributed by atoms with Gasteiger partial charge in [0, 0.05) is 6.04 Å². The van der Waals surface area contributed by atoms with Crippen LogP contribution in [0.15, 0.2) is 0 Å². The van der Waals surface area contributed by atoms with E-state index in [1.54, 1.807) is 6.92 Å². The van der Waals surface area contributed by atoms with E-state index in [0.29, 0.717) is 12.5 Å². The Morgan fingerprint density at radius 1 is 1.26 bits per heavy atom. The molecule has 0 spiro atoms. The van der Waals surface area contributed by atoms with Gasteiger partial charge in [-0.3, -0.25) is 9.69 Å². The number of amides is 1. The van der Waals surface area contributed by atoms with E-state index in [1.165, 1.54) is 4.90 Å². The number of ether oxygens (including phenoxy) is 2. The van der Waals surface area contributed by atoms with Gasteiger partial charge in [0.15, 0.2) is 0 Å². The van der Waals surface area contributed by atoms with Crippen molar-refractivity contribution in [1.29, 1.82) is 0 Å². The summed E-state index contributed by atoms with van der Waals surface area (Å²) in [5.41, 5.74) is -0.556. The molecule has 1 rings (SSSR count). The van der Waals surface area contributed by atoms with Crippen LogP contribution in [0.5, 0.6) is 0 Å². The van der Waals surface area contributed by atoms with Crippen molar-refractivity contribution >= 4 is 12.1 Å². The Balaban J connectivity index is 2.64. The summed E-state index contributed by atoms with van der Waals surface area (Å²) in [4.78, 5) is 25.2. The van der Waals surface area contributed by atoms with Gasteiger partial charge >= 0.3 is 12.1 Å². The molecule has 1 saturated carbocycles. The number of rotatable bonds is 4. The molecule has 0 aromatic rings. The predicted molar refractivity (Wildman–Crippen MR) is 71.8 cm³/mol. The largest absolute Gasteiger partial charge is 0.465 e. The first kappa shape index (κ1) is 15.8. The third-order valence-electron chi connectivity index (χ3n) is 3.02. The molecule has 5 heteroatoms. The lowest BCUT2D eigenvalue weighted by molar-refractivity contribution is -0.145. The normalized spacial score (nSPS) is 22.4. The molecule has 0 unspecified atom stereocenters. The average Bonchev–Trinajstić information content (AvgIpc) is 2.19. The first-order chi connectivity index (χ1) is 8.73. The molecule has 0 atom stereocenters. The van der Waals surface area contributed by atoms with E-state index in [9.17, 15) is 9.59 Å². The van der Waals surface area contributed by atoms with Gasteiger partial charge in [-0.2, -0.15) is 0 Å². The second-order valence-electron chi connectivity index (χ2n) is 6.14. The van der Waals surface area contributed by atoms with Crippen LogP contribution in [0.1, 0.15) is 47.5 Å². The van der Waals surface area contributed by atoms with E-state index in [1.807, 2.05) is 20.8 Å². The van der Waals surface area contributed by atoms with Crippen molar-refractivity contribution in [2.24, 2.45) is 5.92 Å². The second kappa shape index (κ2) is 6.26. The fourth-order valence-electron chi connectivity index (χ4n) is 2.12. The van der Waals surface area contributed by atoms with Gasteiger partial charge in [0.2, 0.25) is 0 Å². The van der Waals surface area contributed by atoms with E-state index >= 15 is 0 Å². The molecule has 0 bridgehead atoms. The van der Waals surface area contributed by atoms with Crippen molar-refractivity contribution in [3.05, 3.63) is 0 Å². The van der Waals surface area contributed by atoms with Crippen molar-refractivity contribution in [2.75, 3.05) is 13.2 Å². The third kappa shape index (κ3) is 5.09. The van der Waals surface area contributed by atoms with Crippen molar-refractivity contribution in [3.8, 4) is 0 Å². The lowest BCUT2D eigenvalue weighted by Gasteiger charge is -2.41. The summed E-state index contributed by atoms with van der Waals surface area (Å²) < 4.78 is 10.3. The molecule has 1 aliphatic rings. The fraction of sp³-hybridized carbons (Fsp3) is 0.857. The molecule has 19 heavy (non-hydrogen) atoms. The van der Waals surface area contributed by atoms with Gasteiger partial charge < -0.3 is 9.47 Å². The van der Waals surface area contributed by atoms with Crippen LogP contribution >= 0.6 is 0 Å². The van der Waals surface area contributed by atoms with Crippen molar-refractivity contribution in [2.45, 2.75) is 59.1 Å². The lowest BCUT2D eigenvalue weighted by atomic mass is 9.81. The molecule has 1 aliphatic carbocycles. The third-order valence-corrected chi connectivity index (χ3v) is 3.02. The van der Waals surface area contributed by atoms with Crippen molar-refractivity contribution in [1.82, 2.24) is 4.90 Å². The number of hydrogen-bond donors (Lipinski definition) is 0. The molecule has 0 saturated heterocycles. The van der Waals surface area contributed by atoms with Crippen LogP contribution in [0.25, 0.3) is 0 Å². The van der Waals surface area contributed by atoms with Gasteiger partial charge in [-0.15, -0.1) is 0 Å². The van der Waals surface area contributed by atoms with Gasteiger partial charge in [-0.25, -0.2) is 4.79 Å². The highest BCUT2D eigenvalue weighted by atomic mass is 16.6. The maximum Gasteiger partial charge on any atom is 0.411 e. The van der Waals surface area contributed by atoms with E-state index < -0.39 is 11.7 Å². The Hall–Kier alpha value is -1.26. The minimum atomic E-state index is -0.556. The average molecular weight is 271 g/mol. The van der Waals surface area contributed by atoms with Gasteiger partial charge in [0.05, 0.1) is 6.61 Å². The first-order valence-electron chi connectivity index (χ1n) is 6.88. The quantitative estimate of drug-likeness (QED) is 0.737. The number of hydrogen-bond acceptors (Lipinski definition) is 4. The number of carbonyl (C=O) groups is 2. The monoisotopic (exact) mass is 271 g/mol. The lowest BCUT2D eigenvalue weighted by Crippen LogP contribution is -2.51. The fourth-order valence-corrected chi connectivity index (χ4v) is 2.12. The van der Waals surface area contributed by atoms with Gasteiger partial charge in [-0.05, 0) is 46.5 Å². The minimum absolute atomic E-state index is 0.0276. The summed E-state index contributed by atoms with van der Waals surface area (Å²) in [6, 6.07) is 0.0919. The van der Waals surface area contributed by atoms with Crippen LogP contribution in [0.3, 0.4) is 0 Å². The first-order valence-corrected chi connectivity index (χ1v) is 6.88.